The Morgan fingerprint density at radius 1 is 1.08 bits per heavy atom. The van der Waals surface area contributed by atoms with Crippen molar-refractivity contribution in [3.8, 4) is 11.1 Å². The van der Waals surface area contributed by atoms with E-state index in [4.69, 9.17) is 0 Å². The molecule has 1 amide bonds. The average molecular weight is 343 g/mol. The summed E-state index contributed by atoms with van der Waals surface area (Å²) in [7, 11) is 0. The molecule has 5 nitrogen and oxygen atoms in total. The predicted molar refractivity (Wildman–Crippen MR) is 97.6 cm³/mol. The number of carbonyl (C=O) groups is 1. The maximum atomic E-state index is 12.6. The Balaban J connectivity index is 0.00000169. The molecule has 1 aromatic carbocycles. The molecule has 6 heteroatoms. The molecular formula is C18H19ClN4O. The third kappa shape index (κ3) is 3.13. The van der Waals surface area contributed by atoms with E-state index in [1.54, 1.807) is 0 Å². The molecule has 1 saturated heterocycles. The van der Waals surface area contributed by atoms with Crippen molar-refractivity contribution in [1.82, 2.24) is 20.2 Å². The van der Waals surface area contributed by atoms with Crippen LogP contribution in [0.3, 0.4) is 0 Å². The summed E-state index contributed by atoms with van der Waals surface area (Å²) in [6.45, 7) is 3.25. The van der Waals surface area contributed by atoms with E-state index in [1.807, 2.05) is 47.6 Å². The van der Waals surface area contributed by atoms with Crippen LogP contribution >= 0.6 is 12.4 Å². The number of hydrogen-bond acceptors (Lipinski definition) is 3. The van der Waals surface area contributed by atoms with Crippen molar-refractivity contribution in [2.45, 2.75) is 0 Å². The SMILES string of the molecule is Cl.O=C(c1cccc(-c2cnc3[nH]ccc3c2)c1)N1CCNCC1. The Kier molecular flexibility index (Phi) is 4.83. The van der Waals surface area contributed by atoms with Crippen molar-refractivity contribution in [3.05, 3.63) is 54.4 Å². The van der Waals surface area contributed by atoms with Crippen LogP contribution in [-0.4, -0.2) is 47.0 Å². The number of carbonyl (C=O) groups excluding carboxylic acids is 1. The number of hydrogen-bond donors (Lipinski definition) is 2. The molecule has 0 spiro atoms. The van der Waals surface area contributed by atoms with E-state index in [-0.39, 0.29) is 18.3 Å². The molecule has 0 aliphatic carbocycles. The van der Waals surface area contributed by atoms with Gasteiger partial charge in [-0.3, -0.25) is 4.79 Å². The fourth-order valence-electron chi connectivity index (χ4n) is 2.98. The minimum absolute atomic E-state index is 0. The van der Waals surface area contributed by atoms with Crippen molar-refractivity contribution in [1.29, 1.82) is 0 Å². The molecule has 3 aromatic rings. The van der Waals surface area contributed by atoms with Crippen molar-refractivity contribution < 1.29 is 4.79 Å². The van der Waals surface area contributed by atoms with E-state index in [1.165, 1.54) is 0 Å². The summed E-state index contributed by atoms with van der Waals surface area (Å²) in [6, 6.07) is 11.9. The number of nitrogens with one attached hydrogen (secondary N) is 2. The molecule has 2 aromatic heterocycles. The highest BCUT2D eigenvalue weighted by Gasteiger charge is 2.18. The molecule has 4 rings (SSSR count). The van der Waals surface area contributed by atoms with Gasteiger partial charge in [-0.2, -0.15) is 0 Å². The van der Waals surface area contributed by atoms with Gasteiger partial charge in [0.1, 0.15) is 5.65 Å². The molecule has 1 aliphatic heterocycles. The van der Waals surface area contributed by atoms with Gasteiger partial charge in [-0.25, -0.2) is 4.98 Å². The third-order valence-electron chi connectivity index (χ3n) is 4.25. The van der Waals surface area contributed by atoms with Crippen LogP contribution in [0.4, 0.5) is 0 Å². The number of piperazine rings is 1. The number of halogens is 1. The fourth-order valence-corrected chi connectivity index (χ4v) is 2.98. The largest absolute Gasteiger partial charge is 0.346 e. The summed E-state index contributed by atoms with van der Waals surface area (Å²) < 4.78 is 0. The minimum Gasteiger partial charge on any atom is -0.346 e. The Morgan fingerprint density at radius 2 is 1.92 bits per heavy atom. The number of rotatable bonds is 2. The number of nitrogens with zero attached hydrogens (tertiary/aromatic N) is 2. The van der Waals surface area contributed by atoms with Crippen molar-refractivity contribution >= 4 is 29.3 Å². The standard InChI is InChI=1S/C18H18N4O.ClH/c23-18(22-8-6-19-7-9-22)15-3-1-2-13(10-15)16-11-14-4-5-20-17(14)21-12-16;/h1-5,10-12,19H,6-9H2,(H,20,21);1H. The summed E-state index contributed by atoms with van der Waals surface area (Å²) in [5.74, 6) is 0.101. The van der Waals surface area contributed by atoms with Crippen molar-refractivity contribution in [3.63, 3.8) is 0 Å². The zero-order chi connectivity index (χ0) is 15.6. The van der Waals surface area contributed by atoms with Crippen LogP contribution < -0.4 is 5.32 Å². The zero-order valence-electron chi connectivity index (χ0n) is 13.2. The molecule has 1 fully saturated rings. The van der Waals surface area contributed by atoms with Gasteiger partial charge in [0.05, 0.1) is 0 Å². The molecule has 0 saturated carbocycles. The Hall–Kier alpha value is -2.37. The maximum Gasteiger partial charge on any atom is 0.253 e. The van der Waals surface area contributed by atoms with Crippen molar-refractivity contribution in [2.75, 3.05) is 26.2 Å². The zero-order valence-corrected chi connectivity index (χ0v) is 14.0. The van der Waals surface area contributed by atoms with Crippen LogP contribution in [0.2, 0.25) is 0 Å². The minimum atomic E-state index is 0. The number of pyridine rings is 1. The lowest BCUT2D eigenvalue weighted by atomic mass is 10.0. The molecule has 24 heavy (non-hydrogen) atoms. The van der Waals surface area contributed by atoms with Gasteiger partial charge in [0.25, 0.3) is 5.91 Å². The van der Waals surface area contributed by atoms with Gasteiger partial charge in [-0.1, -0.05) is 12.1 Å². The number of fused-ring (bicyclic) bond motifs is 1. The van der Waals surface area contributed by atoms with Crippen LogP contribution in [0, 0.1) is 0 Å². The van der Waals surface area contributed by atoms with Gasteiger partial charge in [0.15, 0.2) is 0 Å². The first-order valence-electron chi connectivity index (χ1n) is 7.85. The highest BCUT2D eigenvalue weighted by atomic mass is 35.5. The lowest BCUT2D eigenvalue weighted by Crippen LogP contribution is -2.46. The molecule has 3 heterocycles. The van der Waals surface area contributed by atoms with Gasteiger partial charge in [0.2, 0.25) is 0 Å². The van der Waals surface area contributed by atoms with E-state index < -0.39 is 0 Å². The van der Waals surface area contributed by atoms with Gasteiger partial charge < -0.3 is 15.2 Å². The summed E-state index contributed by atoms with van der Waals surface area (Å²) in [4.78, 5) is 22.1. The first kappa shape index (κ1) is 16.5. The summed E-state index contributed by atoms with van der Waals surface area (Å²) in [5.41, 5.74) is 3.65. The monoisotopic (exact) mass is 342 g/mol. The van der Waals surface area contributed by atoms with Crippen molar-refractivity contribution in [2.24, 2.45) is 0 Å². The van der Waals surface area contributed by atoms with Crippen LogP contribution in [0.5, 0.6) is 0 Å². The Bertz CT molecular complexity index is 855. The Morgan fingerprint density at radius 3 is 2.75 bits per heavy atom. The second kappa shape index (κ2) is 7.03. The average Bonchev–Trinajstić information content (AvgIpc) is 3.09. The highest BCUT2D eigenvalue weighted by Crippen LogP contribution is 2.23. The van der Waals surface area contributed by atoms with Crippen LogP contribution in [-0.2, 0) is 0 Å². The fraction of sp³-hybridized carbons (Fsp3) is 0.222. The lowest BCUT2D eigenvalue weighted by Gasteiger charge is -2.27. The van der Waals surface area contributed by atoms with Gasteiger partial charge in [-0.15, -0.1) is 12.4 Å². The van der Waals surface area contributed by atoms with E-state index in [0.29, 0.717) is 0 Å². The lowest BCUT2D eigenvalue weighted by molar-refractivity contribution is 0.0736. The van der Waals surface area contributed by atoms with Gasteiger partial charge in [0, 0.05) is 55.1 Å². The number of aromatic amines is 1. The molecule has 1 aliphatic rings. The second-order valence-electron chi connectivity index (χ2n) is 5.76. The molecule has 0 atom stereocenters. The predicted octanol–water partition coefficient (Wildman–Crippen LogP) is 2.70. The summed E-state index contributed by atoms with van der Waals surface area (Å²) in [6.07, 6.45) is 3.72. The maximum absolute atomic E-state index is 12.6. The van der Waals surface area contributed by atoms with Crippen LogP contribution in [0.25, 0.3) is 22.2 Å². The number of benzene rings is 1. The first-order valence-corrected chi connectivity index (χ1v) is 7.85. The summed E-state index contributed by atoms with van der Waals surface area (Å²) in [5, 5.41) is 4.34. The smallest absolute Gasteiger partial charge is 0.253 e. The normalized spacial score (nSPS) is 14.4. The molecular weight excluding hydrogens is 324 g/mol. The summed E-state index contributed by atoms with van der Waals surface area (Å²) >= 11 is 0. The van der Waals surface area contributed by atoms with Crippen LogP contribution in [0.15, 0.2) is 48.8 Å². The van der Waals surface area contributed by atoms with E-state index in [2.05, 4.69) is 21.4 Å². The highest BCUT2D eigenvalue weighted by molar-refractivity contribution is 5.95. The van der Waals surface area contributed by atoms with Gasteiger partial charge >= 0.3 is 0 Å². The molecule has 0 bridgehead atoms. The second-order valence-corrected chi connectivity index (χ2v) is 5.76. The first-order chi connectivity index (χ1) is 11.3. The number of amides is 1. The molecule has 2 N–H and O–H groups in total. The Labute approximate surface area is 146 Å². The van der Waals surface area contributed by atoms with E-state index in [9.17, 15) is 4.79 Å². The molecule has 0 unspecified atom stereocenters. The van der Waals surface area contributed by atoms with E-state index >= 15 is 0 Å². The molecule has 0 radical (unpaired) electrons. The number of H-pyrrole nitrogens is 1. The molecule has 124 valence electrons. The number of aromatic nitrogens is 2. The van der Waals surface area contributed by atoms with Crippen LogP contribution in [0.1, 0.15) is 10.4 Å². The van der Waals surface area contributed by atoms with E-state index in [0.717, 1.165) is 53.9 Å². The van der Waals surface area contributed by atoms with Gasteiger partial charge in [-0.05, 0) is 29.8 Å². The quantitative estimate of drug-likeness (QED) is 0.752. The topological polar surface area (TPSA) is 61.0 Å². The third-order valence-corrected chi connectivity index (χ3v) is 4.25.